The summed E-state index contributed by atoms with van der Waals surface area (Å²) in [7, 11) is 0. The van der Waals surface area contributed by atoms with Gasteiger partial charge in [0.05, 0.1) is 26.4 Å². The Morgan fingerprint density at radius 2 is 1.84 bits per heavy atom. The fourth-order valence-corrected chi connectivity index (χ4v) is 4.24. The van der Waals surface area contributed by atoms with E-state index in [1.54, 1.807) is 36.4 Å². The predicted octanol–water partition coefficient (Wildman–Crippen LogP) is 6.40. The summed E-state index contributed by atoms with van der Waals surface area (Å²) in [6, 6.07) is 14.4. The minimum Gasteiger partial charge on any atom is -0.457 e. The van der Waals surface area contributed by atoms with E-state index in [0.717, 1.165) is 16.7 Å². The standard InChI is InChI=1S/C21H12Cl2N2O5S/c22-15-6-3-5-14(19(15)23)17-9-8-13(30-17)10-18-20(26)24(21(27)31-18)11-12-4-1-2-7-16(12)25(28)29/h1-10H,11H2/b18-10-. The molecule has 7 nitrogen and oxygen atoms in total. The average molecular weight is 475 g/mol. The largest absolute Gasteiger partial charge is 0.457 e. The number of hydrogen-bond acceptors (Lipinski definition) is 6. The maximum absolute atomic E-state index is 12.7. The zero-order valence-electron chi connectivity index (χ0n) is 15.6. The Kier molecular flexibility index (Phi) is 5.86. The summed E-state index contributed by atoms with van der Waals surface area (Å²) in [5, 5.41) is 11.4. The Hall–Kier alpha value is -3.07. The predicted molar refractivity (Wildman–Crippen MR) is 119 cm³/mol. The van der Waals surface area contributed by atoms with Gasteiger partial charge in [0.1, 0.15) is 11.5 Å². The maximum atomic E-state index is 12.7. The molecule has 2 heterocycles. The lowest BCUT2D eigenvalue weighted by Gasteiger charge is -2.12. The molecule has 2 aromatic carbocycles. The van der Waals surface area contributed by atoms with E-state index in [2.05, 4.69) is 0 Å². The Morgan fingerprint density at radius 3 is 2.61 bits per heavy atom. The van der Waals surface area contributed by atoms with Gasteiger partial charge in [-0.05, 0) is 36.0 Å². The molecular formula is C21H12Cl2N2O5S. The van der Waals surface area contributed by atoms with Gasteiger partial charge in [0, 0.05) is 23.3 Å². The second-order valence-electron chi connectivity index (χ2n) is 6.46. The van der Waals surface area contributed by atoms with Crippen LogP contribution >= 0.6 is 35.0 Å². The number of rotatable bonds is 5. The minimum atomic E-state index is -0.549. The molecule has 2 amide bonds. The number of hydrogen-bond donors (Lipinski definition) is 0. The topological polar surface area (TPSA) is 93.7 Å². The minimum absolute atomic E-state index is 0.153. The third-order valence-electron chi connectivity index (χ3n) is 4.51. The van der Waals surface area contributed by atoms with Gasteiger partial charge in [-0.3, -0.25) is 24.6 Å². The number of nitrogens with zero attached hydrogens (tertiary/aromatic N) is 2. The van der Waals surface area contributed by atoms with Gasteiger partial charge in [0.15, 0.2) is 0 Å². The molecule has 31 heavy (non-hydrogen) atoms. The van der Waals surface area contributed by atoms with E-state index in [4.69, 9.17) is 27.6 Å². The lowest BCUT2D eigenvalue weighted by molar-refractivity contribution is -0.385. The number of benzene rings is 2. The van der Waals surface area contributed by atoms with Crippen molar-refractivity contribution >= 4 is 57.9 Å². The van der Waals surface area contributed by atoms with E-state index in [-0.39, 0.29) is 22.7 Å². The Balaban J connectivity index is 1.58. The zero-order chi connectivity index (χ0) is 22.1. The molecule has 156 valence electrons. The molecule has 1 aromatic heterocycles. The van der Waals surface area contributed by atoms with Gasteiger partial charge >= 0.3 is 0 Å². The first-order valence-electron chi connectivity index (χ1n) is 8.87. The lowest BCUT2D eigenvalue weighted by Crippen LogP contribution is -2.27. The third kappa shape index (κ3) is 4.23. The molecular weight excluding hydrogens is 463 g/mol. The van der Waals surface area contributed by atoms with Crippen LogP contribution in [0.5, 0.6) is 0 Å². The number of carbonyl (C=O) groups excluding carboxylic acids is 2. The van der Waals surface area contributed by atoms with Gasteiger partial charge in [-0.25, -0.2) is 0 Å². The molecule has 0 radical (unpaired) electrons. The van der Waals surface area contributed by atoms with Crippen LogP contribution in [0.3, 0.4) is 0 Å². The number of imide groups is 1. The normalized spacial score (nSPS) is 15.2. The van der Waals surface area contributed by atoms with E-state index >= 15 is 0 Å². The van der Waals surface area contributed by atoms with Crippen LogP contribution in [0, 0.1) is 10.1 Å². The number of carbonyl (C=O) groups is 2. The molecule has 4 rings (SSSR count). The first kappa shape index (κ1) is 21.2. The van der Waals surface area contributed by atoms with Gasteiger partial charge in [0.2, 0.25) is 0 Å². The van der Waals surface area contributed by atoms with E-state index in [1.807, 2.05) is 0 Å². The van der Waals surface area contributed by atoms with Crippen LogP contribution in [-0.4, -0.2) is 21.0 Å². The molecule has 1 aliphatic rings. The van der Waals surface area contributed by atoms with Crippen molar-refractivity contribution in [2.75, 3.05) is 0 Å². The average Bonchev–Trinajstić information content (AvgIpc) is 3.30. The van der Waals surface area contributed by atoms with Crippen LogP contribution in [0.2, 0.25) is 10.0 Å². The van der Waals surface area contributed by atoms with Crippen molar-refractivity contribution in [3.8, 4) is 11.3 Å². The Labute approximate surface area is 190 Å². The van der Waals surface area contributed by atoms with Gasteiger partial charge in [-0.2, -0.15) is 0 Å². The fraction of sp³-hybridized carbons (Fsp3) is 0.0476. The highest BCUT2D eigenvalue weighted by Gasteiger charge is 2.36. The van der Waals surface area contributed by atoms with Crippen molar-refractivity contribution in [1.29, 1.82) is 0 Å². The Morgan fingerprint density at radius 1 is 1.06 bits per heavy atom. The molecule has 0 N–H and O–H groups in total. The SMILES string of the molecule is O=C1S/C(=C\c2ccc(-c3cccc(Cl)c3Cl)o2)C(=O)N1Cc1ccccc1[N+](=O)[O-]. The van der Waals surface area contributed by atoms with Crippen molar-refractivity contribution in [3.05, 3.63) is 91.0 Å². The van der Waals surface area contributed by atoms with Gasteiger partial charge in [-0.1, -0.05) is 47.5 Å². The number of halogens is 2. The molecule has 10 heteroatoms. The number of furan rings is 1. The van der Waals surface area contributed by atoms with Crippen LogP contribution in [0.15, 0.2) is 63.9 Å². The van der Waals surface area contributed by atoms with E-state index < -0.39 is 16.1 Å². The summed E-state index contributed by atoms with van der Waals surface area (Å²) in [6.07, 6.45) is 1.45. The smallest absolute Gasteiger partial charge is 0.293 e. The summed E-state index contributed by atoms with van der Waals surface area (Å²) in [5.74, 6) is 0.256. The van der Waals surface area contributed by atoms with Gasteiger partial charge < -0.3 is 4.42 Å². The fourth-order valence-electron chi connectivity index (χ4n) is 3.03. The first-order valence-corrected chi connectivity index (χ1v) is 10.4. The van der Waals surface area contributed by atoms with Crippen molar-refractivity contribution in [3.63, 3.8) is 0 Å². The monoisotopic (exact) mass is 474 g/mol. The van der Waals surface area contributed by atoms with Crippen molar-refractivity contribution in [1.82, 2.24) is 4.90 Å². The van der Waals surface area contributed by atoms with E-state index in [0.29, 0.717) is 27.1 Å². The van der Waals surface area contributed by atoms with Crippen LogP contribution in [0.25, 0.3) is 17.4 Å². The highest BCUT2D eigenvalue weighted by molar-refractivity contribution is 8.18. The summed E-state index contributed by atoms with van der Waals surface area (Å²) < 4.78 is 5.75. The molecule has 0 atom stereocenters. The van der Waals surface area contributed by atoms with Crippen molar-refractivity contribution in [2.24, 2.45) is 0 Å². The highest BCUT2D eigenvalue weighted by atomic mass is 35.5. The zero-order valence-corrected chi connectivity index (χ0v) is 17.9. The summed E-state index contributed by atoms with van der Waals surface area (Å²) in [6.45, 7) is -0.194. The number of thioether (sulfide) groups is 1. The molecule has 0 bridgehead atoms. The van der Waals surface area contributed by atoms with Gasteiger partial charge in [-0.15, -0.1) is 0 Å². The molecule has 1 aliphatic heterocycles. The third-order valence-corrected chi connectivity index (χ3v) is 6.23. The Bertz CT molecular complexity index is 1250. The molecule has 3 aromatic rings. The number of nitro benzene ring substituents is 1. The van der Waals surface area contributed by atoms with E-state index in [1.165, 1.54) is 24.3 Å². The molecule has 1 saturated heterocycles. The molecule has 0 saturated carbocycles. The first-order chi connectivity index (χ1) is 14.8. The molecule has 0 spiro atoms. The van der Waals surface area contributed by atoms with Crippen LogP contribution in [0.4, 0.5) is 10.5 Å². The quantitative estimate of drug-likeness (QED) is 0.241. The second-order valence-corrected chi connectivity index (χ2v) is 8.24. The van der Waals surface area contributed by atoms with Crippen LogP contribution < -0.4 is 0 Å². The second kappa shape index (κ2) is 8.58. The van der Waals surface area contributed by atoms with Gasteiger partial charge in [0.25, 0.3) is 16.8 Å². The molecule has 1 fully saturated rings. The van der Waals surface area contributed by atoms with Crippen LogP contribution in [-0.2, 0) is 11.3 Å². The number of nitro groups is 1. The summed E-state index contributed by atoms with van der Waals surface area (Å²) >= 11 is 13.0. The number of amides is 2. The van der Waals surface area contributed by atoms with Crippen molar-refractivity contribution in [2.45, 2.75) is 6.54 Å². The van der Waals surface area contributed by atoms with Crippen LogP contribution in [0.1, 0.15) is 11.3 Å². The van der Waals surface area contributed by atoms with E-state index in [9.17, 15) is 19.7 Å². The molecule has 0 unspecified atom stereocenters. The molecule has 0 aliphatic carbocycles. The van der Waals surface area contributed by atoms with Crippen molar-refractivity contribution < 1.29 is 18.9 Å². The summed E-state index contributed by atoms with van der Waals surface area (Å²) in [5.41, 5.74) is 0.713. The maximum Gasteiger partial charge on any atom is 0.293 e. The highest BCUT2D eigenvalue weighted by Crippen LogP contribution is 2.37. The lowest BCUT2D eigenvalue weighted by atomic mass is 10.1. The summed E-state index contributed by atoms with van der Waals surface area (Å²) in [4.78, 5) is 36.9. The number of para-hydroxylation sites is 1.